The maximum Gasteiger partial charge on any atom is 0.0431 e. The van der Waals surface area contributed by atoms with Crippen molar-refractivity contribution in [3.8, 4) is 0 Å². The van der Waals surface area contributed by atoms with Crippen LogP contribution in [-0.2, 0) is 0 Å². The molecule has 0 bridgehead atoms. The standard InChI is InChI=1S/C36H75NO/c1-3-5-7-9-11-13-15-17-19-21-23-25-27-29-33-37(35-31-32-36-38)34-30-28-26-24-22-20-18-16-14-12-10-8-6-4-2/h38H,3-36H2,1-2H3. The minimum atomic E-state index is 0.353. The first-order chi connectivity index (χ1) is 18.8. The van der Waals surface area contributed by atoms with Gasteiger partial charge in [0.05, 0.1) is 0 Å². The molecule has 0 atom stereocenters. The van der Waals surface area contributed by atoms with Gasteiger partial charge in [-0.15, -0.1) is 0 Å². The zero-order valence-corrected chi connectivity index (χ0v) is 26.9. The molecule has 0 saturated heterocycles. The Morgan fingerprint density at radius 3 is 0.737 bits per heavy atom. The van der Waals surface area contributed by atoms with Crippen LogP contribution in [0.4, 0.5) is 0 Å². The Bertz CT molecular complexity index is 367. The molecule has 2 heteroatoms. The molecule has 0 aromatic rings. The van der Waals surface area contributed by atoms with Crippen molar-refractivity contribution in [3.63, 3.8) is 0 Å². The molecule has 0 spiro atoms. The van der Waals surface area contributed by atoms with Gasteiger partial charge in [0.25, 0.3) is 0 Å². The Morgan fingerprint density at radius 2 is 0.500 bits per heavy atom. The van der Waals surface area contributed by atoms with Crippen LogP contribution in [-0.4, -0.2) is 36.2 Å². The van der Waals surface area contributed by atoms with Crippen LogP contribution >= 0.6 is 0 Å². The number of aliphatic hydroxyl groups is 1. The van der Waals surface area contributed by atoms with Gasteiger partial charge in [0, 0.05) is 6.61 Å². The second kappa shape index (κ2) is 34.9. The molecule has 0 aromatic carbocycles. The minimum Gasteiger partial charge on any atom is -0.396 e. The molecule has 0 fully saturated rings. The number of nitrogens with zero attached hydrogens (tertiary/aromatic N) is 1. The SMILES string of the molecule is CCCCCCCCCCCCCCCCN(CCCCO)CCCCCCCCCCCCCCCC. The van der Waals surface area contributed by atoms with Crippen LogP contribution in [0.25, 0.3) is 0 Å². The van der Waals surface area contributed by atoms with Gasteiger partial charge >= 0.3 is 0 Å². The van der Waals surface area contributed by atoms with Crippen LogP contribution in [0.2, 0.25) is 0 Å². The molecular formula is C36H75NO. The van der Waals surface area contributed by atoms with Gasteiger partial charge in [0.15, 0.2) is 0 Å². The zero-order valence-electron chi connectivity index (χ0n) is 26.9. The summed E-state index contributed by atoms with van der Waals surface area (Å²) >= 11 is 0. The van der Waals surface area contributed by atoms with E-state index in [4.69, 9.17) is 0 Å². The van der Waals surface area contributed by atoms with E-state index in [1.165, 1.54) is 199 Å². The lowest BCUT2D eigenvalue weighted by atomic mass is 10.0. The van der Waals surface area contributed by atoms with Crippen molar-refractivity contribution in [1.29, 1.82) is 0 Å². The van der Waals surface area contributed by atoms with Gasteiger partial charge < -0.3 is 10.0 Å². The average Bonchev–Trinajstić information content (AvgIpc) is 2.93. The highest BCUT2D eigenvalue weighted by Crippen LogP contribution is 2.15. The van der Waals surface area contributed by atoms with Crippen LogP contribution in [0.3, 0.4) is 0 Å². The van der Waals surface area contributed by atoms with E-state index in [1.54, 1.807) is 0 Å². The van der Waals surface area contributed by atoms with Crippen molar-refractivity contribution in [2.75, 3.05) is 26.2 Å². The van der Waals surface area contributed by atoms with Gasteiger partial charge in [-0.05, 0) is 45.3 Å². The van der Waals surface area contributed by atoms with E-state index >= 15 is 0 Å². The highest BCUT2D eigenvalue weighted by Gasteiger charge is 2.05. The van der Waals surface area contributed by atoms with Crippen LogP contribution in [0, 0.1) is 0 Å². The summed E-state index contributed by atoms with van der Waals surface area (Å²) in [4.78, 5) is 2.71. The summed E-state index contributed by atoms with van der Waals surface area (Å²) in [6.07, 6.45) is 42.4. The van der Waals surface area contributed by atoms with Crippen LogP contribution in [0.5, 0.6) is 0 Å². The smallest absolute Gasteiger partial charge is 0.0431 e. The normalized spacial score (nSPS) is 11.7. The van der Waals surface area contributed by atoms with Gasteiger partial charge in [-0.25, -0.2) is 0 Å². The Morgan fingerprint density at radius 1 is 0.289 bits per heavy atom. The Kier molecular flexibility index (Phi) is 34.9. The molecule has 0 aliphatic rings. The lowest BCUT2D eigenvalue weighted by Crippen LogP contribution is -2.27. The number of rotatable bonds is 34. The Balaban J connectivity index is 3.55. The van der Waals surface area contributed by atoms with Crippen molar-refractivity contribution >= 4 is 0 Å². The van der Waals surface area contributed by atoms with Crippen molar-refractivity contribution in [2.45, 2.75) is 206 Å². The number of unbranched alkanes of at least 4 members (excludes halogenated alkanes) is 27. The molecule has 0 saturated carbocycles. The average molecular weight is 538 g/mol. The molecule has 0 radical (unpaired) electrons. The summed E-state index contributed by atoms with van der Waals surface area (Å²) in [5.74, 6) is 0. The summed E-state index contributed by atoms with van der Waals surface area (Å²) in [7, 11) is 0. The molecule has 230 valence electrons. The molecule has 0 aliphatic heterocycles. The summed E-state index contributed by atoms with van der Waals surface area (Å²) < 4.78 is 0. The lowest BCUT2D eigenvalue weighted by Gasteiger charge is -2.22. The summed E-state index contributed by atoms with van der Waals surface area (Å²) in [6, 6.07) is 0. The predicted molar refractivity (Wildman–Crippen MR) is 173 cm³/mol. The van der Waals surface area contributed by atoms with Crippen LogP contribution in [0.1, 0.15) is 206 Å². The molecule has 0 heterocycles. The van der Waals surface area contributed by atoms with Gasteiger partial charge in [-0.1, -0.05) is 181 Å². The second-order valence-corrected chi connectivity index (χ2v) is 12.5. The maximum absolute atomic E-state index is 9.18. The third-order valence-electron chi connectivity index (χ3n) is 8.54. The molecule has 0 aromatic heterocycles. The second-order valence-electron chi connectivity index (χ2n) is 12.5. The quantitative estimate of drug-likeness (QED) is 0.0825. The van der Waals surface area contributed by atoms with E-state index in [0.717, 1.165) is 12.8 Å². The van der Waals surface area contributed by atoms with E-state index < -0.39 is 0 Å². The fraction of sp³-hybridized carbons (Fsp3) is 1.00. The van der Waals surface area contributed by atoms with E-state index in [2.05, 4.69) is 18.7 Å². The number of hydrogen-bond donors (Lipinski definition) is 1. The molecule has 0 rings (SSSR count). The molecule has 2 nitrogen and oxygen atoms in total. The van der Waals surface area contributed by atoms with Gasteiger partial charge in [0.1, 0.15) is 0 Å². The highest BCUT2D eigenvalue weighted by molar-refractivity contribution is 4.60. The van der Waals surface area contributed by atoms with Crippen molar-refractivity contribution in [1.82, 2.24) is 4.90 Å². The van der Waals surface area contributed by atoms with Gasteiger partial charge in [-0.2, -0.15) is 0 Å². The molecule has 1 N–H and O–H groups in total. The number of aliphatic hydroxyl groups excluding tert-OH is 1. The summed E-state index contributed by atoms with van der Waals surface area (Å²) in [5.41, 5.74) is 0. The van der Waals surface area contributed by atoms with E-state index in [9.17, 15) is 5.11 Å². The topological polar surface area (TPSA) is 23.5 Å². The van der Waals surface area contributed by atoms with E-state index in [0.29, 0.717) is 6.61 Å². The van der Waals surface area contributed by atoms with E-state index in [-0.39, 0.29) is 0 Å². The molecule has 0 unspecified atom stereocenters. The Labute approximate surface area is 242 Å². The monoisotopic (exact) mass is 538 g/mol. The first kappa shape index (κ1) is 37.9. The minimum absolute atomic E-state index is 0.353. The fourth-order valence-electron chi connectivity index (χ4n) is 5.84. The van der Waals surface area contributed by atoms with Crippen LogP contribution in [0.15, 0.2) is 0 Å². The van der Waals surface area contributed by atoms with Gasteiger partial charge in [0.2, 0.25) is 0 Å². The maximum atomic E-state index is 9.18. The first-order valence-electron chi connectivity index (χ1n) is 18.2. The highest BCUT2D eigenvalue weighted by atomic mass is 16.2. The van der Waals surface area contributed by atoms with Gasteiger partial charge in [-0.3, -0.25) is 0 Å². The first-order valence-corrected chi connectivity index (χ1v) is 18.2. The Hall–Kier alpha value is -0.0800. The van der Waals surface area contributed by atoms with Crippen molar-refractivity contribution < 1.29 is 5.11 Å². The van der Waals surface area contributed by atoms with E-state index in [1.807, 2.05) is 0 Å². The molecule has 0 aliphatic carbocycles. The molecular weight excluding hydrogens is 462 g/mol. The lowest BCUT2D eigenvalue weighted by molar-refractivity contribution is 0.234. The summed E-state index contributed by atoms with van der Waals surface area (Å²) in [5, 5.41) is 9.18. The van der Waals surface area contributed by atoms with Crippen LogP contribution < -0.4 is 0 Å². The fourth-order valence-corrected chi connectivity index (χ4v) is 5.84. The predicted octanol–water partition coefficient (Wildman–Crippen LogP) is 12.0. The van der Waals surface area contributed by atoms with Crippen molar-refractivity contribution in [3.05, 3.63) is 0 Å². The van der Waals surface area contributed by atoms with Crippen molar-refractivity contribution in [2.24, 2.45) is 0 Å². The zero-order chi connectivity index (χ0) is 27.6. The third kappa shape index (κ3) is 32.1. The third-order valence-corrected chi connectivity index (χ3v) is 8.54. The largest absolute Gasteiger partial charge is 0.396 e. The molecule has 38 heavy (non-hydrogen) atoms. The molecule has 0 amide bonds. The summed E-state index contributed by atoms with van der Waals surface area (Å²) in [6.45, 7) is 8.71. The number of hydrogen-bond acceptors (Lipinski definition) is 2.